The fourth-order valence-corrected chi connectivity index (χ4v) is 1.77. The van der Waals surface area contributed by atoms with Crippen molar-refractivity contribution < 1.29 is 30.3 Å². The van der Waals surface area contributed by atoms with E-state index in [4.69, 9.17) is 10.2 Å². The van der Waals surface area contributed by atoms with E-state index in [1.165, 1.54) is 0 Å². The number of carbonyl (C=O) groups is 1. The molecule has 0 amide bonds. The second kappa shape index (κ2) is 8.57. The van der Waals surface area contributed by atoms with Crippen LogP contribution in [0.3, 0.4) is 0 Å². The third-order valence-corrected chi connectivity index (χ3v) is 2.86. The quantitative estimate of drug-likeness (QED) is 0.432. The Kier molecular flexibility index (Phi) is 6.79. The molecular weight excluding hydrogens is 300 g/mol. The van der Waals surface area contributed by atoms with Gasteiger partial charge in [-0.3, -0.25) is 4.79 Å². The summed E-state index contributed by atoms with van der Waals surface area (Å²) in [5, 5.41) is 43.3. The molecule has 23 heavy (non-hydrogen) atoms. The van der Waals surface area contributed by atoms with Crippen LogP contribution in [0.4, 0.5) is 0 Å². The van der Waals surface area contributed by atoms with Crippen LogP contribution in [0.25, 0.3) is 6.08 Å². The minimum atomic E-state index is -0.645. The van der Waals surface area contributed by atoms with Crippen molar-refractivity contribution in [2.24, 2.45) is 0 Å². The van der Waals surface area contributed by atoms with Crippen molar-refractivity contribution in [1.82, 2.24) is 0 Å². The molecule has 2 rings (SSSR count). The Hall–Kier alpha value is -2.83. The first-order chi connectivity index (χ1) is 11.0. The van der Waals surface area contributed by atoms with E-state index < -0.39 is 17.2 Å². The van der Waals surface area contributed by atoms with Crippen LogP contribution in [0.15, 0.2) is 43.0 Å². The average molecular weight is 318 g/mol. The van der Waals surface area contributed by atoms with Crippen LogP contribution in [0, 0.1) is 0 Å². The van der Waals surface area contributed by atoms with Gasteiger partial charge in [0.1, 0.15) is 0 Å². The van der Waals surface area contributed by atoms with Gasteiger partial charge in [0.15, 0.2) is 23.0 Å². The van der Waals surface area contributed by atoms with Crippen LogP contribution in [-0.4, -0.2) is 44.5 Å². The van der Waals surface area contributed by atoms with E-state index in [2.05, 4.69) is 6.58 Å². The molecule has 0 radical (unpaired) electrons. The molecule has 0 fully saturated rings. The monoisotopic (exact) mass is 318 g/mol. The van der Waals surface area contributed by atoms with Gasteiger partial charge in [-0.05, 0) is 17.7 Å². The van der Waals surface area contributed by atoms with Crippen LogP contribution >= 0.6 is 0 Å². The number of hydrogen-bond donors (Lipinski definition) is 5. The lowest BCUT2D eigenvalue weighted by atomic mass is 9.98. The summed E-state index contributed by atoms with van der Waals surface area (Å²) in [5.41, 5.74) is 1.14. The van der Waals surface area contributed by atoms with Gasteiger partial charge in [-0.1, -0.05) is 36.9 Å². The zero-order valence-corrected chi connectivity index (χ0v) is 12.3. The number of ketones is 1. The molecule has 0 unspecified atom stereocenters. The number of aliphatic hydroxyl groups excluding tert-OH is 2. The van der Waals surface area contributed by atoms with Crippen LogP contribution in [0.1, 0.15) is 21.5 Å². The topological polar surface area (TPSA) is 118 Å². The van der Waals surface area contributed by atoms with Crippen LogP contribution in [0.2, 0.25) is 0 Å². The molecule has 122 valence electrons. The summed E-state index contributed by atoms with van der Waals surface area (Å²) < 4.78 is 0. The first-order valence-electron chi connectivity index (χ1n) is 6.69. The highest BCUT2D eigenvalue weighted by molar-refractivity contribution is 6.11. The van der Waals surface area contributed by atoms with E-state index in [1.54, 1.807) is 30.3 Å². The summed E-state index contributed by atoms with van der Waals surface area (Å²) in [7, 11) is 0. The Morgan fingerprint density at radius 2 is 1.52 bits per heavy atom. The van der Waals surface area contributed by atoms with E-state index >= 15 is 0 Å². The van der Waals surface area contributed by atoms with E-state index in [9.17, 15) is 20.1 Å². The molecule has 0 aromatic heterocycles. The van der Waals surface area contributed by atoms with Crippen molar-refractivity contribution in [2.75, 3.05) is 13.2 Å². The molecule has 0 bridgehead atoms. The number of aliphatic hydroxyl groups is 2. The summed E-state index contributed by atoms with van der Waals surface area (Å²) >= 11 is 0. The number of benzene rings is 2. The zero-order chi connectivity index (χ0) is 17.4. The van der Waals surface area contributed by atoms with Gasteiger partial charge < -0.3 is 25.5 Å². The molecule has 0 saturated heterocycles. The lowest BCUT2D eigenvalue weighted by Crippen LogP contribution is -2.03. The van der Waals surface area contributed by atoms with Crippen molar-refractivity contribution in [3.8, 4) is 17.2 Å². The summed E-state index contributed by atoms with van der Waals surface area (Å²) in [5.74, 6) is -2.10. The standard InChI is InChI=1S/C15H12O4.C2H6O2/c1-2-9-5-3-4-6-11(9)14(18)10-7-12(16)15(19)13(17)8-10;3-1-2-4/h2-8,16-17,19H,1H2;3-4H,1-2H2. The first-order valence-corrected chi connectivity index (χ1v) is 6.69. The highest BCUT2D eigenvalue weighted by atomic mass is 16.3. The van der Waals surface area contributed by atoms with Crippen LogP contribution in [0.5, 0.6) is 17.2 Å². The molecule has 2 aromatic carbocycles. The Morgan fingerprint density at radius 3 is 2.00 bits per heavy atom. The summed E-state index contributed by atoms with van der Waals surface area (Å²) in [6, 6.07) is 9.06. The van der Waals surface area contributed by atoms with E-state index in [-0.39, 0.29) is 24.6 Å². The Balaban J connectivity index is 0.000000593. The molecular formula is C17H18O6. The number of carbonyl (C=O) groups excluding carboxylic acids is 1. The second-order valence-corrected chi connectivity index (χ2v) is 4.43. The minimum Gasteiger partial charge on any atom is -0.504 e. The number of phenolic OH excluding ortho intramolecular Hbond substituents is 3. The molecule has 0 heterocycles. The molecule has 0 aliphatic rings. The highest BCUT2D eigenvalue weighted by Crippen LogP contribution is 2.36. The SMILES string of the molecule is C=Cc1ccccc1C(=O)c1cc(O)c(O)c(O)c1.OCCO. The van der Waals surface area contributed by atoms with E-state index in [0.29, 0.717) is 11.1 Å². The van der Waals surface area contributed by atoms with Crippen molar-refractivity contribution in [2.45, 2.75) is 0 Å². The average Bonchev–Trinajstić information content (AvgIpc) is 2.58. The van der Waals surface area contributed by atoms with Crippen molar-refractivity contribution >= 4 is 11.9 Å². The summed E-state index contributed by atoms with van der Waals surface area (Å²) in [6.07, 6.45) is 1.55. The van der Waals surface area contributed by atoms with Gasteiger partial charge in [-0.2, -0.15) is 0 Å². The Morgan fingerprint density at radius 1 is 1.00 bits per heavy atom. The van der Waals surface area contributed by atoms with E-state index in [0.717, 1.165) is 12.1 Å². The zero-order valence-electron chi connectivity index (χ0n) is 12.3. The molecule has 2 aromatic rings. The maximum absolute atomic E-state index is 12.3. The normalized spacial score (nSPS) is 9.65. The van der Waals surface area contributed by atoms with Crippen LogP contribution < -0.4 is 0 Å². The molecule has 0 atom stereocenters. The molecule has 0 aliphatic heterocycles. The molecule has 0 aliphatic carbocycles. The number of phenols is 3. The first kappa shape index (κ1) is 18.2. The van der Waals surface area contributed by atoms with Gasteiger partial charge in [0.05, 0.1) is 13.2 Å². The smallest absolute Gasteiger partial charge is 0.200 e. The van der Waals surface area contributed by atoms with Gasteiger partial charge in [0.25, 0.3) is 0 Å². The minimum absolute atomic E-state index is 0.0853. The fraction of sp³-hybridized carbons (Fsp3) is 0.118. The predicted molar refractivity (Wildman–Crippen MR) is 85.6 cm³/mol. The Bertz CT molecular complexity index is 668. The largest absolute Gasteiger partial charge is 0.504 e. The Labute approximate surface area is 133 Å². The van der Waals surface area contributed by atoms with Crippen molar-refractivity contribution in [1.29, 1.82) is 0 Å². The number of rotatable bonds is 4. The molecule has 0 saturated carbocycles. The fourth-order valence-electron chi connectivity index (χ4n) is 1.77. The lowest BCUT2D eigenvalue weighted by molar-refractivity contribution is 0.103. The third-order valence-electron chi connectivity index (χ3n) is 2.86. The van der Waals surface area contributed by atoms with Gasteiger partial charge in [-0.15, -0.1) is 0 Å². The van der Waals surface area contributed by atoms with Gasteiger partial charge in [0, 0.05) is 11.1 Å². The number of hydrogen-bond acceptors (Lipinski definition) is 6. The molecule has 0 spiro atoms. The third kappa shape index (κ3) is 4.57. The summed E-state index contributed by atoms with van der Waals surface area (Å²) in [6.45, 7) is 3.38. The molecule has 6 heteroatoms. The van der Waals surface area contributed by atoms with Crippen LogP contribution in [-0.2, 0) is 0 Å². The summed E-state index contributed by atoms with van der Waals surface area (Å²) in [4.78, 5) is 12.3. The second-order valence-electron chi connectivity index (χ2n) is 4.43. The van der Waals surface area contributed by atoms with E-state index in [1.807, 2.05) is 0 Å². The lowest BCUT2D eigenvalue weighted by Gasteiger charge is -2.07. The maximum atomic E-state index is 12.3. The molecule has 6 nitrogen and oxygen atoms in total. The van der Waals surface area contributed by atoms with Gasteiger partial charge in [0.2, 0.25) is 0 Å². The highest BCUT2D eigenvalue weighted by Gasteiger charge is 2.16. The predicted octanol–water partition coefficient (Wildman–Crippen LogP) is 1.65. The molecule has 5 N–H and O–H groups in total. The maximum Gasteiger partial charge on any atom is 0.200 e. The number of aromatic hydroxyl groups is 3. The van der Waals surface area contributed by atoms with Crippen molar-refractivity contribution in [3.05, 3.63) is 59.7 Å². The van der Waals surface area contributed by atoms with Gasteiger partial charge >= 0.3 is 0 Å². The van der Waals surface area contributed by atoms with Gasteiger partial charge in [-0.25, -0.2) is 0 Å². The van der Waals surface area contributed by atoms with Crippen molar-refractivity contribution in [3.63, 3.8) is 0 Å².